The number of aromatic nitrogens is 2. The van der Waals surface area contributed by atoms with Crippen LogP contribution in [0.1, 0.15) is 17.2 Å². The highest BCUT2D eigenvalue weighted by molar-refractivity contribution is 6.30. The first-order valence-corrected chi connectivity index (χ1v) is 7.45. The highest BCUT2D eigenvalue weighted by atomic mass is 35.5. The van der Waals surface area contributed by atoms with E-state index in [9.17, 15) is 0 Å². The number of imidazole rings is 1. The molecule has 0 N–H and O–H groups in total. The maximum Gasteiger partial charge on any atom is 0.0951 e. The zero-order valence-corrected chi connectivity index (χ0v) is 12.8. The lowest BCUT2D eigenvalue weighted by atomic mass is 9.99. The second-order valence-corrected chi connectivity index (χ2v) is 5.78. The molecule has 0 saturated heterocycles. The predicted octanol–water partition coefficient (Wildman–Crippen LogP) is 5.02. The summed E-state index contributed by atoms with van der Waals surface area (Å²) in [6, 6.07) is 16.1. The second-order valence-electron chi connectivity index (χ2n) is 4.91. The number of rotatable bonds is 4. The summed E-state index contributed by atoms with van der Waals surface area (Å²) in [5.41, 5.74) is 2.43. The normalized spacial score (nSPS) is 12.3. The first kappa shape index (κ1) is 14.2. The van der Waals surface area contributed by atoms with E-state index in [1.807, 2.05) is 36.8 Å². The van der Waals surface area contributed by atoms with Crippen LogP contribution in [-0.4, -0.2) is 9.55 Å². The van der Waals surface area contributed by atoms with Gasteiger partial charge in [0.2, 0.25) is 0 Å². The molecule has 0 aliphatic rings. The summed E-state index contributed by atoms with van der Waals surface area (Å²) in [6.07, 6.45) is 6.49. The van der Waals surface area contributed by atoms with Crippen molar-refractivity contribution in [3.8, 4) is 0 Å². The zero-order valence-electron chi connectivity index (χ0n) is 11.3. The van der Waals surface area contributed by atoms with Crippen LogP contribution in [0.25, 0.3) is 0 Å². The molecule has 0 spiro atoms. The lowest BCUT2D eigenvalue weighted by molar-refractivity contribution is 0.581. The van der Waals surface area contributed by atoms with Gasteiger partial charge in [-0.3, -0.25) is 0 Å². The van der Waals surface area contributed by atoms with Gasteiger partial charge in [-0.05, 0) is 41.8 Å². The smallest absolute Gasteiger partial charge is 0.0951 e. The molecule has 4 heteroatoms. The fourth-order valence-corrected chi connectivity index (χ4v) is 2.63. The third kappa shape index (κ3) is 3.46. The topological polar surface area (TPSA) is 17.8 Å². The number of hydrogen-bond acceptors (Lipinski definition) is 1. The van der Waals surface area contributed by atoms with Gasteiger partial charge in [-0.25, -0.2) is 4.98 Å². The van der Waals surface area contributed by atoms with Crippen LogP contribution in [-0.2, 0) is 6.42 Å². The van der Waals surface area contributed by atoms with Gasteiger partial charge in [0, 0.05) is 22.4 Å². The van der Waals surface area contributed by atoms with Gasteiger partial charge in [-0.15, -0.1) is 0 Å². The monoisotopic (exact) mass is 316 g/mol. The van der Waals surface area contributed by atoms with E-state index in [2.05, 4.69) is 33.8 Å². The minimum atomic E-state index is 0.186. The molecule has 3 aromatic rings. The maximum atomic E-state index is 5.99. The molecule has 21 heavy (non-hydrogen) atoms. The van der Waals surface area contributed by atoms with Gasteiger partial charge in [0.15, 0.2) is 0 Å². The Bertz CT molecular complexity index is 689. The van der Waals surface area contributed by atoms with Gasteiger partial charge in [-0.2, -0.15) is 0 Å². The lowest BCUT2D eigenvalue weighted by Crippen LogP contribution is -2.12. The summed E-state index contributed by atoms with van der Waals surface area (Å²) in [7, 11) is 0. The van der Waals surface area contributed by atoms with Gasteiger partial charge in [0.05, 0.1) is 12.4 Å². The van der Waals surface area contributed by atoms with Crippen LogP contribution in [0.3, 0.4) is 0 Å². The third-order valence-electron chi connectivity index (χ3n) is 3.48. The molecular formula is C17H14Cl2N2. The molecule has 0 fully saturated rings. The van der Waals surface area contributed by atoms with E-state index in [-0.39, 0.29) is 6.04 Å². The van der Waals surface area contributed by atoms with Gasteiger partial charge in [0.1, 0.15) is 0 Å². The summed E-state index contributed by atoms with van der Waals surface area (Å²) in [4.78, 5) is 4.16. The van der Waals surface area contributed by atoms with Crippen LogP contribution in [0.4, 0.5) is 0 Å². The van der Waals surface area contributed by atoms with E-state index in [4.69, 9.17) is 23.2 Å². The lowest BCUT2D eigenvalue weighted by Gasteiger charge is -2.19. The van der Waals surface area contributed by atoms with E-state index in [0.29, 0.717) is 0 Å². The fourth-order valence-electron chi connectivity index (χ4n) is 2.38. The summed E-state index contributed by atoms with van der Waals surface area (Å²) in [6.45, 7) is 0. The van der Waals surface area contributed by atoms with Gasteiger partial charge < -0.3 is 4.57 Å². The Morgan fingerprint density at radius 3 is 2.10 bits per heavy atom. The van der Waals surface area contributed by atoms with E-state index in [1.54, 1.807) is 6.20 Å². The molecule has 0 aliphatic carbocycles. The van der Waals surface area contributed by atoms with Gasteiger partial charge in [0.25, 0.3) is 0 Å². The van der Waals surface area contributed by atoms with Crippen LogP contribution >= 0.6 is 23.2 Å². The largest absolute Gasteiger partial charge is 0.330 e. The molecule has 3 rings (SSSR count). The Labute approximate surface area is 134 Å². The average Bonchev–Trinajstić information content (AvgIpc) is 3.02. The molecule has 106 valence electrons. The van der Waals surface area contributed by atoms with E-state index in [1.165, 1.54) is 11.1 Å². The summed E-state index contributed by atoms with van der Waals surface area (Å²) >= 11 is 11.9. The number of halogens is 2. The van der Waals surface area contributed by atoms with Crippen molar-refractivity contribution in [1.82, 2.24) is 9.55 Å². The summed E-state index contributed by atoms with van der Waals surface area (Å²) < 4.78 is 2.11. The van der Waals surface area contributed by atoms with E-state index >= 15 is 0 Å². The quantitative estimate of drug-likeness (QED) is 0.660. The molecule has 1 atom stereocenters. The Balaban J connectivity index is 1.93. The van der Waals surface area contributed by atoms with Crippen LogP contribution in [0.15, 0.2) is 67.3 Å². The van der Waals surface area contributed by atoms with Gasteiger partial charge >= 0.3 is 0 Å². The first-order valence-electron chi connectivity index (χ1n) is 6.70. The molecule has 2 nitrogen and oxygen atoms in total. The van der Waals surface area contributed by atoms with Crippen molar-refractivity contribution in [2.75, 3.05) is 0 Å². The van der Waals surface area contributed by atoms with Crippen LogP contribution in [0, 0.1) is 0 Å². The fraction of sp³-hybridized carbons (Fsp3) is 0.118. The molecule has 0 saturated carbocycles. The predicted molar refractivity (Wildman–Crippen MR) is 87.0 cm³/mol. The Morgan fingerprint density at radius 2 is 1.52 bits per heavy atom. The minimum Gasteiger partial charge on any atom is -0.330 e. The van der Waals surface area contributed by atoms with E-state index < -0.39 is 0 Å². The Kier molecular flexibility index (Phi) is 4.28. The van der Waals surface area contributed by atoms with Crippen LogP contribution in [0.2, 0.25) is 10.0 Å². The zero-order chi connectivity index (χ0) is 14.7. The molecule has 2 aromatic carbocycles. The van der Waals surface area contributed by atoms with Gasteiger partial charge in [-0.1, -0.05) is 47.5 Å². The number of hydrogen-bond donors (Lipinski definition) is 0. The van der Waals surface area contributed by atoms with Crippen molar-refractivity contribution in [1.29, 1.82) is 0 Å². The number of benzene rings is 2. The second kappa shape index (κ2) is 6.33. The Hall–Kier alpha value is -1.77. The summed E-state index contributed by atoms with van der Waals surface area (Å²) in [5, 5.41) is 1.50. The highest BCUT2D eigenvalue weighted by Crippen LogP contribution is 2.25. The first-order chi connectivity index (χ1) is 10.2. The standard InChI is InChI=1S/C17H14Cl2N2/c18-15-5-1-13(2-6-15)11-17(21-10-9-20-12-21)14-3-7-16(19)8-4-14/h1-10,12,17H,11H2. The van der Waals surface area contributed by atoms with Crippen molar-refractivity contribution >= 4 is 23.2 Å². The van der Waals surface area contributed by atoms with Crippen molar-refractivity contribution in [3.05, 3.63) is 88.4 Å². The molecule has 0 aliphatic heterocycles. The maximum absolute atomic E-state index is 5.99. The van der Waals surface area contributed by atoms with Crippen molar-refractivity contribution in [3.63, 3.8) is 0 Å². The molecule has 0 amide bonds. The molecule has 0 bridgehead atoms. The van der Waals surface area contributed by atoms with Crippen LogP contribution in [0.5, 0.6) is 0 Å². The number of nitrogens with zero attached hydrogens (tertiary/aromatic N) is 2. The molecule has 1 heterocycles. The molecule has 0 radical (unpaired) electrons. The molecular weight excluding hydrogens is 303 g/mol. The van der Waals surface area contributed by atoms with Crippen molar-refractivity contribution in [2.24, 2.45) is 0 Å². The van der Waals surface area contributed by atoms with Crippen molar-refractivity contribution < 1.29 is 0 Å². The molecule has 1 unspecified atom stereocenters. The SMILES string of the molecule is Clc1ccc(CC(c2ccc(Cl)cc2)n2ccnc2)cc1. The molecule has 1 aromatic heterocycles. The minimum absolute atomic E-state index is 0.186. The average molecular weight is 317 g/mol. The summed E-state index contributed by atoms with van der Waals surface area (Å²) in [5.74, 6) is 0. The Morgan fingerprint density at radius 1 is 0.905 bits per heavy atom. The van der Waals surface area contributed by atoms with Crippen LogP contribution < -0.4 is 0 Å². The highest BCUT2D eigenvalue weighted by Gasteiger charge is 2.14. The van der Waals surface area contributed by atoms with E-state index in [0.717, 1.165) is 16.5 Å². The third-order valence-corrected chi connectivity index (χ3v) is 3.99. The van der Waals surface area contributed by atoms with Crippen molar-refractivity contribution in [2.45, 2.75) is 12.5 Å².